The molecule has 0 aliphatic carbocycles. The predicted molar refractivity (Wildman–Crippen MR) is 83.7 cm³/mol. The van der Waals surface area contributed by atoms with Gasteiger partial charge in [-0.1, -0.05) is 11.8 Å². The maximum atomic E-state index is 10.9. The van der Waals surface area contributed by atoms with Crippen LogP contribution in [-0.4, -0.2) is 15.6 Å². The van der Waals surface area contributed by atoms with Gasteiger partial charge in [-0.05, 0) is 30.3 Å². The molecule has 0 unspecified atom stereocenters. The Bertz CT molecular complexity index is 820. The molecule has 0 saturated carbocycles. The first-order valence-electron chi connectivity index (χ1n) is 6.15. The van der Waals surface area contributed by atoms with Crippen LogP contribution in [0.3, 0.4) is 0 Å². The molecule has 1 heterocycles. The van der Waals surface area contributed by atoms with Crippen molar-refractivity contribution in [2.75, 3.05) is 5.43 Å². The Kier molecular flexibility index (Phi) is 5.23. The third-order valence-corrected chi connectivity index (χ3v) is 3.54. The highest BCUT2D eigenvalue weighted by Crippen LogP contribution is 2.33. The summed E-state index contributed by atoms with van der Waals surface area (Å²) in [6.45, 7) is 0. The summed E-state index contributed by atoms with van der Waals surface area (Å²) in [5.74, 6) is 0. The SMILES string of the molecule is N#CC(C#N)=NNc1ccc(Sc2ncccc2[N+](=O)[O-])cc1. The molecule has 1 aromatic heterocycles. The van der Waals surface area contributed by atoms with Crippen molar-refractivity contribution in [2.45, 2.75) is 9.92 Å². The van der Waals surface area contributed by atoms with Crippen LogP contribution in [0.25, 0.3) is 0 Å². The second-order valence-electron chi connectivity index (χ2n) is 4.01. The number of anilines is 1. The number of nitriles is 2. The molecular formula is C14H8N6O2S. The molecule has 2 rings (SSSR count). The molecule has 1 N–H and O–H groups in total. The minimum atomic E-state index is -0.481. The molecule has 23 heavy (non-hydrogen) atoms. The van der Waals surface area contributed by atoms with Crippen LogP contribution in [0.15, 0.2) is 57.6 Å². The molecule has 0 spiro atoms. The summed E-state index contributed by atoms with van der Waals surface area (Å²) in [5, 5.41) is 32.0. The molecule has 0 atom stereocenters. The fourth-order valence-corrected chi connectivity index (χ4v) is 2.36. The van der Waals surface area contributed by atoms with E-state index in [1.807, 2.05) is 0 Å². The lowest BCUT2D eigenvalue weighted by Crippen LogP contribution is -1.96. The van der Waals surface area contributed by atoms with E-state index in [4.69, 9.17) is 10.5 Å². The Morgan fingerprint density at radius 2 is 1.96 bits per heavy atom. The van der Waals surface area contributed by atoms with Gasteiger partial charge in [0.15, 0.2) is 5.03 Å². The largest absolute Gasteiger partial charge is 0.301 e. The van der Waals surface area contributed by atoms with Crippen molar-refractivity contribution < 1.29 is 4.92 Å². The van der Waals surface area contributed by atoms with Crippen molar-refractivity contribution >= 4 is 28.8 Å². The van der Waals surface area contributed by atoms with Crippen LogP contribution >= 0.6 is 11.8 Å². The van der Waals surface area contributed by atoms with Gasteiger partial charge in [-0.25, -0.2) is 4.98 Å². The normalized spacial score (nSPS) is 9.30. The molecule has 0 aliphatic heterocycles. The number of nitrogens with zero attached hydrogens (tertiary/aromatic N) is 5. The van der Waals surface area contributed by atoms with Gasteiger partial charge in [0.2, 0.25) is 5.71 Å². The summed E-state index contributed by atoms with van der Waals surface area (Å²) in [6.07, 6.45) is 1.49. The van der Waals surface area contributed by atoms with Crippen molar-refractivity contribution in [1.82, 2.24) is 4.98 Å². The quantitative estimate of drug-likeness (QED) is 0.508. The molecule has 0 aliphatic rings. The van der Waals surface area contributed by atoms with E-state index in [9.17, 15) is 10.1 Å². The first-order chi connectivity index (χ1) is 11.1. The number of nitro groups is 1. The summed E-state index contributed by atoms with van der Waals surface area (Å²) < 4.78 is 0. The maximum Gasteiger partial charge on any atom is 0.301 e. The van der Waals surface area contributed by atoms with Crippen LogP contribution < -0.4 is 5.43 Å². The van der Waals surface area contributed by atoms with Crippen molar-refractivity contribution in [1.29, 1.82) is 10.5 Å². The zero-order valence-corrected chi connectivity index (χ0v) is 12.3. The number of hydrazone groups is 1. The molecule has 112 valence electrons. The lowest BCUT2D eigenvalue weighted by Gasteiger charge is -2.03. The molecule has 8 nitrogen and oxygen atoms in total. The van der Waals surface area contributed by atoms with Gasteiger partial charge in [0.1, 0.15) is 12.1 Å². The summed E-state index contributed by atoms with van der Waals surface area (Å²) in [4.78, 5) is 15.2. The van der Waals surface area contributed by atoms with Crippen molar-refractivity contribution in [2.24, 2.45) is 5.10 Å². The first-order valence-corrected chi connectivity index (χ1v) is 6.97. The Hall–Kier alpha value is -3.43. The van der Waals surface area contributed by atoms with E-state index in [-0.39, 0.29) is 11.4 Å². The van der Waals surface area contributed by atoms with Crippen LogP contribution in [0.1, 0.15) is 0 Å². The molecule has 9 heteroatoms. The van der Waals surface area contributed by atoms with Crippen LogP contribution in [-0.2, 0) is 0 Å². The topological polar surface area (TPSA) is 128 Å². The summed E-state index contributed by atoms with van der Waals surface area (Å²) in [5.41, 5.74) is 2.81. The highest BCUT2D eigenvalue weighted by molar-refractivity contribution is 7.99. The van der Waals surface area contributed by atoms with Crippen LogP contribution in [0.2, 0.25) is 0 Å². The number of rotatable bonds is 5. The van der Waals surface area contributed by atoms with Gasteiger partial charge in [-0.15, -0.1) is 0 Å². The lowest BCUT2D eigenvalue weighted by molar-refractivity contribution is -0.388. The zero-order chi connectivity index (χ0) is 16.7. The average molecular weight is 324 g/mol. The fourth-order valence-electron chi connectivity index (χ4n) is 1.50. The fraction of sp³-hybridized carbons (Fsp3) is 0. The lowest BCUT2D eigenvalue weighted by atomic mass is 10.3. The standard InChI is InChI=1S/C14H8N6O2S/c15-8-11(9-16)19-18-10-3-5-12(6-4-10)23-14-13(20(21)22)2-1-7-17-14/h1-7,18H. The Morgan fingerprint density at radius 1 is 1.26 bits per heavy atom. The number of nitrogens with one attached hydrogen (secondary N) is 1. The van der Waals surface area contributed by atoms with E-state index in [2.05, 4.69) is 15.5 Å². The highest BCUT2D eigenvalue weighted by Gasteiger charge is 2.15. The molecule has 0 radical (unpaired) electrons. The molecule has 1 aromatic carbocycles. The van der Waals surface area contributed by atoms with Crippen LogP contribution in [0, 0.1) is 32.8 Å². The molecule has 0 amide bonds. The van der Waals surface area contributed by atoms with Crippen molar-refractivity contribution in [3.8, 4) is 12.1 Å². The molecule has 0 fully saturated rings. The average Bonchev–Trinajstić information content (AvgIpc) is 2.57. The number of aromatic nitrogens is 1. The van der Waals surface area contributed by atoms with E-state index >= 15 is 0 Å². The minimum Gasteiger partial charge on any atom is -0.277 e. The Balaban J connectivity index is 2.13. The van der Waals surface area contributed by atoms with Gasteiger partial charge in [0.25, 0.3) is 0 Å². The van der Waals surface area contributed by atoms with Gasteiger partial charge in [0, 0.05) is 17.2 Å². The van der Waals surface area contributed by atoms with Crippen molar-refractivity contribution in [3.05, 3.63) is 52.7 Å². The highest BCUT2D eigenvalue weighted by atomic mass is 32.2. The van der Waals surface area contributed by atoms with Crippen LogP contribution in [0.4, 0.5) is 11.4 Å². The third kappa shape index (κ3) is 4.27. The molecule has 0 bridgehead atoms. The number of benzene rings is 1. The van der Waals surface area contributed by atoms with E-state index in [1.54, 1.807) is 36.4 Å². The smallest absolute Gasteiger partial charge is 0.277 e. The number of hydrogen-bond acceptors (Lipinski definition) is 8. The summed E-state index contributed by atoms with van der Waals surface area (Å²) in [6, 6.07) is 13.0. The number of hydrogen-bond donors (Lipinski definition) is 1. The van der Waals surface area contributed by atoms with E-state index in [0.29, 0.717) is 10.7 Å². The minimum absolute atomic E-state index is 0.0583. The number of pyridine rings is 1. The zero-order valence-electron chi connectivity index (χ0n) is 11.5. The maximum absolute atomic E-state index is 10.9. The molecule has 2 aromatic rings. The van der Waals surface area contributed by atoms with Gasteiger partial charge >= 0.3 is 5.69 Å². The third-order valence-electron chi connectivity index (χ3n) is 2.53. The second-order valence-corrected chi connectivity index (χ2v) is 5.07. The first kappa shape index (κ1) is 15.9. The molecular weight excluding hydrogens is 316 g/mol. The van der Waals surface area contributed by atoms with Gasteiger partial charge in [-0.3, -0.25) is 15.5 Å². The van der Waals surface area contributed by atoms with E-state index in [1.165, 1.54) is 18.3 Å². The Labute approximate surface area is 135 Å². The second kappa shape index (κ2) is 7.54. The van der Waals surface area contributed by atoms with Gasteiger partial charge < -0.3 is 0 Å². The van der Waals surface area contributed by atoms with Crippen LogP contribution in [0.5, 0.6) is 0 Å². The Morgan fingerprint density at radius 3 is 2.57 bits per heavy atom. The molecule has 0 saturated heterocycles. The predicted octanol–water partition coefficient (Wildman–Crippen LogP) is 2.96. The van der Waals surface area contributed by atoms with Crippen molar-refractivity contribution in [3.63, 3.8) is 0 Å². The summed E-state index contributed by atoms with van der Waals surface area (Å²) in [7, 11) is 0. The van der Waals surface area contributed by atoms with E-state index < -0.39 is 4.92 Å². The summed E-state index contributed by atoms with van der Waals surface area (Å²) >= 11 is 1.16. The monoisotopic (exact) mass is 324 g/mol. The van der Waals surface area contributed by atoms with Gasteiger partial charge in [-0.2, -0.15) is 15.6 Å². The van der Waals surface area contributed by atoms with Gasteiger partial charge in [0.05, 0.1) is 10.6 Å². The van der Waals surface area contributed by atoms with E-state index in [0.717, 1.165) is 16.7 Å².